The number of anilines is 3. The Morgan fingerprint density at radius 3 is 1.89 bits per heavy atom. The first kappa shape index (κ1) is 32.6. The van der Waals surface area contributed by atoms with Crippen LogP contribution in [0.3, 0.4) is 0 Å². The molecule has 2 heteroatoms. The van der Waals surface area contributed by atoms with Crippen molar-refractivity contribution in [3.63, 3.8) is 0 Å². The molecule has 0 radical (unpaired) electrons. The minimum atomic E-state index is -0.109. The molecule has 268 valence electrons. The highest BCUT2D eigenvalue weighted by molar-refractivity contribution is 6.08. The zero-order valence-corrected chi connectivity index (χ0v) is 32.2. The van der Waals surface area contributed by atoms with Crippen molar-refractivity contribution in [2.75, 3.05) is 4.90 Å². The lowest BCUT2D eigenvalue weighted by atomic mass is 9.68. The third kappa shape index (κ3) is 4.67. The van der Waals surface area contributed by atoms with Crippen molar-refractivity contribution in [3.05, 3.63) is 173 Å². The summed E-state index contributed by atoms with van der Waals surface area (Å²) in [5.74, 6) is 0. The van der Waals surface area contributed by atoms with Crippen molar-refractivity contribution < 1.29 is 4.42 Å². The van der Waals surface area contributed by atoms with Gasteiger partial charge in [0.1, 0.15) is 11.2 Å². The van der Waals surface area contributed by atoms with Crippen molar-refractivity contribution in [2.24, 2.45) is 0 Å². The Morgan fingerprint density at radius 2 is 1.13 bits per heavy atom. The first-order valence-electron chi connectivity index (χ1n) is 20.1. The van der Waals surface area contributed by atoms with Gasteiger partial charge in [-0.3, -0.25) is 0 Å². The first-order valence-corrected chi connectivity index (χ1v) is 20.1. The summed E-state index contributed by atoms with van der Waals surface area (Å²) in [6.45, 7) is 9.08. The Labute approximate surface area is 324 Å². The van der Waals surface area contributed by atoms with E-state index < -0.39 is 0 Å². The summed E-state index contributed by atoms with van der Waals surface area (Å²) in [4.78, 5) is 2.54. The number of nitrogens with zero attached hydrogens (tertiary/aromatic N) is 1. The zero-order chi connectivity index (χ0) is 37.1. The predicted octanol–water partition coefficient (Wildman–Crippen LogP) is 14.9. The lowest BCUT2D eigenvalue weighted by molar-refractivity contribution is 0.353. The van der Waals surface area contributed by atoms with Gasteiger partial charge in [0.05, 0.1) is 5.69 Å². The van der Waals surface area contributed by atoms with Crippen LogP contribution in [0, 0.1) is 13.8 Å². The van der Waals surface area contributed by atoms with Crippen molar-refractivity contribution in [2.45, 2.75) is 70.6 Å². The molecule has 7 aromatic carbocycles. The highest BCUT2D eigenvalue weighted by Crippen LogP contribution is 2.58. The van der Waals surface area contributed by atoms with Crippen LogP contribution in [-0.2, 0) is 10.8 Å². The second kappa shape index (κ2) is 11.8. The van der Waals surface area contributed by atoms with Crippen LogP contribution in [0.15, 0.2) is 144 Å². The molecule has 3 aliphatic rings. The van der Waals surface area contributed by atoms with Crippen LogP contribution < -0.4 is 4.90 Å². The molecule has 0 atom stereocenters. The van der Waals surface area contributed by atoms with Gasteiger partial charge in [-0.1, -0.05) is 124 Å². The molecule has 1 saturated carbocycles. The van der Waals surface area contributed by atoms with Gasteiger partial charge >= 0.3 is 0 Å². The topological polar surface area (TPSA) is 16.4 Å². The summed E-state index contributed by atoms with van der Waals surface area (Å²) >= 11 is 0. The van der Waals surface area contributed by atoms with E-state index >= 15 is 0 Å². The molecule has 8 aromatic rings. The van der Waals surface area contributed by atoms with Crippen LogP contribution in [0.5, 0.6) is 0 Å². The monoisotopic (exact) mass is 711 g/mol. The van der Waals surface area contributed by atoms with Crippen molar-refractivity contribution in [3.8, 4) is 33.4 Å². The van der Waals surface area contributed by atoms with E-state index in [0.717, 1.165) is 16.6 Å². The SMILES string of the molecule is Cc1cc(C)c2oc3ccc(-c4ccccc4N(c4ccc5c(c4)C(C)(C)c4ccccc4-5)c4ccc5c(c4)C4(CCCCC4)c4ccccc4-5)cc3c2c1. The molecule has 11 rings (SSSR count). The van der Waals surface area contributed by atoms with Gasteiger partial charge in [0.2, 0.25) is 0 Å². The molecule has 1 spiro atoms. The van der Waals surface area contributed by atoms with Gasteiger partial charge in [0.15, 0.2) is 0 Å². The van der Waals surface area contributed by atoms with Crippen LogP contribution in [0.2, 0.25) is 0 Å². The molecule has 1 aromatic heterocycles. The van der Waals surface area contributed by atoms with E-state index in [1.807, 2.05) is 0 Å². The van der Waals surface area contributed by atoms with Gasteiger partial charge in [-0.15, -0.1) is 0 Å². The van der Waals surface area contributed by atoms with Crippen molar-refractivity contribution in [1.29, 1.82) is 0 Å². The van der Waals surface area contributed by atoms with E-state index in [0.29, 0.717) is 0 Å². The van der Waals surface area contributed by atoms with Gasteiger partial charge in [-0.05, 0) is 136 Å². The van der Waals surface area contributed by atoms with Gasteiger partial charge in [0.25, 0.3) is 0 Å². The van der Waals surface area contributed by atoms with E-state index in [4.69, 9.17) is 4.42 Å². The Bertz CT molecular complexity index is 2860. The van der Waals surface area contributed by atoms with Gasteiger partial charge < -0.3 is 9.32 Å². The highest BCUT2D eigenvalue weighted by Gasteiger charge is 2.44. The molecule has 3 aliphatic carbocycles. The standard InChI is InChI=1S/C53H45NO/c1-33-28-34(2)51-44(29-33)43-30-35(20-25-50(43)55-51)38-14-8-11-19-49(38)54(36-21-23-41-39-15-6-9-17-45(39)52(3,4)47(41)31-36)37-22-24-42-40-16-7-10-18-46(40)53(48(42)32-37)26-12-5-13-27-53/h6-11,14-25,28-32H,5,12-13,26-27H2,1-4H3. The summed E-state index contributed by atoms with van der Waals surface area (Å²) in [6.07, 6.45) is 6.28. The summed E-state index contributed by atoms with van der Waals surface area (Å²) in [6, 6.07) is 52.9. The van der Waals surface area contributed by atoms with Gasteiger partial charge in [-0.25, -0.2) is 0 Å². The van der Waals surface area contributed by atoms with Crippen LogP contribution in [0.25, 0.3) is 55.3 Å². The first-order chi connectivity index (χ1) is 26.8. The Hall–Kier alpha value is -5.86. The molecule has 2 nitrogen and oxygen atoms in total. The predicted molar refractivity (Wildman–Crippen MR) is 230 cm³/mol. The molecule has 0 unspecified atom stereocenters. The Balaban J connectivity index is 1.14. The zero-order valence-electron chi connectivity index (χ0n) is 32.2. The normalized spacial score (nSPS) is 15.9. The molecule has 0 saturated heterocycles. The smallest absolute Gasteiger partial charge is 0.138 e. The van der Waals surface area contributed by atoms with Crippen LogP contribution in [0.1, 0.15) is 79.3 Å². The fourth-order valence-corrected chi connectivity index (χ4v) is 10.8. The third-order valence-corrected chi connectivity index (χ3v) is 13.4. The molecule has 0 amide bonds. The van der Waals surface area contributed by atoms with E-state index in [9.17, 15) is 0 Å². The van der Waals surface area contributed by atoms with Crippen LogP contribution >= 0.6 is 0 Å². The summed E-state index contributed by atoms with van der Waals surface area (Å²) in [5, 5.41) is 2.34. The van der Waals surface area contributed by atoms with E-state index in [-0.39, 0.29) is 10.8 Å². The van der Waals surface area contributed by atoms with Crippen molar-refractivity contribution >= 4 is 39.0 Å². The van der Waals surface area contributed by atoms with Crippen molar-refractivity contribution in [1.82, 2.24) is 0 Å². The van der Waals surface area contributed by atoms with Crippen LogP contribution in [0.4, 0.5) is 17.1 Å². The maximum absolute atomic E-state index is 6.45. The van der Waals surface area contributed by atoms with E-state index in [2.05, 4.69) is 172 Å². The third-order valence-electron chi connectivity index (χ3n) is 13.4. The molecule has 0 N–H and O–H groups in total. The molecular weight excluding hydrogens is 667 g/mol. The van der Waals surface area contributed by atoms with E-state index in [1.54, 1.807) is 0 Å². The second-order valence-corrected chi connectivity index (χ2v) is 16.9. The maximum Gasteiger partial charge on any atom is 0.138 e. The molecule has 0 bridgehead atoms. The van der Waals surface area contributed by atoms with Gasteiger partial charge in [-0.2, -0.15) is 0 Å². The minimum absolute atomic E-state index is 0.0661. The maximum atomic E-state index is 6.45. The fraction of sp³-hybridized carbons (Fsp3) is 0.208. The Kier molecular flexibility index (Phi) is 7.00. The molecule has 1 fully saturated rings. The highest BCUT2D eigenvalue weighted by atomic mass is 16.3. The largest absolute Gasteiger partial charge is 0.456 e. The average molecular weight is 712 g/mol. The summed E-state index contributed by atoms with van der Waals surface area (Å²) in [7, 11) is 0. The second-order valence-electron chi connectivity index (χ2n) is 16.9. The number of hydrogen-bond donors (Lipinski definition) is 0. The number of aryl methyl sites for hydroxylation is 2. The molecular formula is C53H45NO. The van der Waals surface area contributed by atoms with Crippen LogP contribution in [-0.4, -0.2) is 0 Å². The minimum Gasteiger partial charge on any atom is -0.456 e. The number of furan rings is 1. The lowest BCUT2D eigenvalue weighted by Gasteiger charge is -2.37. The Morgan fingerprint density at radius 1 is 0.509 bits per heavy atom. The van der Waals surface area contributed by atoms with E-state index in [1.165, 1.54) is 121 Å². The quantitative estimate of drug-likeness (QED) is 0.181. The molecule has 55 heavy (non-hydrogen) atoms. The molecule has 1 heterocycles. The average Bonchev–Trinajstić information content (AvgIpc) is 3.79. The fourth-order valence-electron chi connectivity index (χ4n) is 10.8. The summed E-state index contributed by atoms with van der Waals surface area (Å²) in [5.41, 5.74) is 21.5. The number of benzene rings is 7. The molecule has 0 aliphatic heterocycles. The van der Waals surface area contributed by atoms with Gasteiger partial charge in [0, 0.05) is 38.5 Å². The number of para-hydroxylation sites is 1. The lowest BCUT2D eigenvalue weighted by Crippen LogP contribution is -2.28. The summed E-state index contributed by atoms with van der Waals surface area (Å²) < 4.78 is 6.45. The number of rotatable bonds is 4. The number of hydrogen-bond acceptors (Lipinski definition) is 2. The number of fused-ring (bicyclic) bond motifs is 11.